The van der Waals surface area contributed by atoms with Crippen molar-refractivity contribution >= 4 is 41.4 Å². The van der Waals surface area contributed by atoms with Crippen LogP contribution in [0.4, 0.5) is 21.9 Å². The van der Waals surface area contributed by atoms with Crippen LogP contribution in [0.15, 0.2) is 18.2 Å². The Bertz CT molecular complexity index is 920. The summed E-state index contributed by atoms with van der Waals surface area (Å²) < 4.78 is 5.48. The lowest BCUT2D eigenvalue weighted by molar-refractivity contribution is -0.134. The molecule has 0 aromatic heterocycles. The molecule has 1 unspecified atom stereocenters. The lowest BCUT2D eigenvalue weighted by atomic mass is 10.0. The fraction of sp³-hybridized carbons (Fsp3) is 0.565. The van der Waals surface area contributed by atoms with Crippen LogP contribution in [0.2, 0.25) is 0 Å². The molecular weight excluding hydrogens is 426 g/mol. The highest BCUT2D eigenvalue weighted by Crippen LogP contribution is 2.39. The van der Waals surface area contributed by atoms with Crippen molar-refractivity contribution in [2.45, 2.75) is 45.3 Å². The molecule has 0 aliphatic carbocycles. The van der Waals surface area contributed by atoms with E-state index in [1.165, 1.54) is 4.90 Å². The minimum atomic E-state index is -0.553. The predicted molar refractivity (Wildman–Crippen MR) is 126 cm³/mol. The van der Waals surface area contributed by atoms with E-state index in [2.05, 4.69) is 10.2 Å². The molecule has 1 aromatic rings. The number of anilines is 3. The fourth-order valence-corrected chi connectivity index (χ4v) is 4.15. The number of imide groups is 1. The molecule has 180 valence electrons. The van der Waals surface area contributed by atoms with Crippen molar-refractivity contribution in [2.75, 3.05) is 55.0 Å². The predicted octanol–water partition coefficient (Wildman–Crippen LogP) is 1.58. The molecular formula is C23H33N5O5. The molecule has 2 saturated heterocycles. The average Bonchev–Trinajstić information content (AvgIpc) is 2.76. The van der Waals surface area contributed by atoms with E-state index >= 15 is 0 Å². The number of nitrogens with zero attached hydrogens (tertiary/aromatic N) is 4. The molecule has 10 nitrogen and oxygen atoms in total. The van der Waals surface area contributed by atoms with Gasteiger partial charge in [-0.3, -0.25) is 19.7 Å². The molecule has 0 spiro atoms. The Kier molecular flexibility index (Phi) is 7.14. The second kappa shape index (κ2) is 9.68. The zero-order valence-electron chi connectivity index (χ0n) is 20.0. The first kappa shape index (κ1) is 24.3. The smallest absolute Gasteiger partial charge is 0.410 e. The van der Waals surface area contributed by atoms with Gasteiger partial charge in [0.15, 0.2) is 0 Å². The third kappa shape index (κ3) is 5.55. The maximum absolute atomic E-state index is 12.4. The quantitative estimate of drug-likeness (QED) is 0.527. The highest BCUT2D eigenvalue weighted by Gasteiger charge is 2.33. The SMILES string of the molecule is CN(C=O)c1c(N2CCN(C(=O)OC(C)(C)C)CC2)cccc1N(C)C1CCC(=O)NC1=O. The summed E-state index contributed by atoms with van der Waals surface area (Å²) in [5.41, 5.74) is 1.67. The third-order valence-corrected chi connectivity index (χ3v) is 5.83. The third-order valence-electron chi connectivity index (χ3n) is 5.83. The molecule has 0 bridgehead atoms. The highest BCUT2D eigenvalue weighted by atomic mass is 16.6. The zero-order valence-corrected chi connectivity index (χ0v) is 20.0. The minimum Gasteiger partial charge on any atom is -0.444 e. The number of carbonyl (C=O) groups is 4. The molecule has 3 rings (SSSR count). The Balaban J connectivity index is 1.84. The maximum Gasteiger partial charge on any atom is 0.410 e. The minimum absolute atomic E-state index is 0.270. The molecule has 0 radical (unpaired) electrons. The van der Waals surface area contributed by atoms with Crippen molar-refractivity contribution in [1.29, 1.82) is 0 Å². The number of para-hydroxylation sites is 1. The van der Waals surface area contributed by atoms with Gasteiger partial charge in [0.05, 0.1) is 17.1 Å². The summed E-state index contributed by atoms with van der Waals surface area (Å²) in [4.78, 5) is 55.3. The van der Waals surface area contributed by atoms with Crippen LogP contribution in [-0.4, -0.2) is 81.1 Å². The summed E-state index contributed by atoms with van der Waals surface area (Å²) in [7, 11) is 3.46. The van der Waals surface area contributed by atoms with E-state index in [0.717, 1.165) is 12.1 Å². The van der Waals surface area contributed by atoms with Crippen LogP contribution in [0.25, 0.3) is 0 Å². The maximum atomic E-state index is 12.4. The van der Waals surface area contributed by atoms with E-state index in [9.17, 15) is 19.2 Å². The van der Waals surface area contributed by atoms with Crippen LogP contribution in [0.1, 0.15) is 33.6 Å². The van der Waals surface area contributed by atoms with Crippen molar-refractivity contribution < 1.29 is 23.9 Å². The standard InChI is InChI=1S/C23H33N5O5/c1-23(2,3)33-22(32)28-13-11-27(12-14-28)17-8-6-7-16(20(17)25(4)15-29)26(5)18-9-10-19(30)24-21(18)31/h6-8,15,18H,9-14H2,1-5H3,(H,24,30,31). The van der Waals surface area contributed by atoms with Gasteiger partial charge in [0, 0.05) is 46.7 Å². The van der Waals surface area contributed by atoms with Crippen LogP contribution in [0.3, 0.4) is 0 Å². The molecule has 1 aromatic carbocycles. The Hall–Kier alpha value is -3.30. The molecule has 2 aliphatic rings. The Morgan fingerprint density at radius 2 is 1.82 bits per heavy atom. The lowest BCUT2D eigenvalue weighted by Gasteiger charge is -2.39. The molecule has 4 amide bonds. The Morgan fingerprint density at radius 3 is 2.39 bits per heavy atom. The van der Waals surface area contributed by atoms with Crippen molar-refractivity contribution in [2.24, 2.45) is 0 Å². The zero-order chi connectivity index (χ0) is 24.3. The van der Waals surface area contributed by atoms with Crippen molar-refractivity contribution in [3.8, 4) is 0 Å². The number of amides is 4. The number of ether oxygens (including phenoxy) is 1. The van der Waals surface area contributed by atoms with E-state index < -0.39 is 11.6 Å². The number of hydrogen-bond acceptors (Lipinski definition) is 7. The van der Waals surface area contributed by atoms with Crippen molar-refractivity contribution in [3.63, 3.8) is 0 Å². The molecule has 2 aliphatic heterocycles. The summed E-state index contributed by atoms with van der Waals surface area (Å²) in [6, 6.07) is 5.16. The number of likely N-dealkylation sites (N-methyl/N-ethyl adjacent to an activating group) is 1. The number of carbonyl (C=O) groups excluding carboxylic acids is 4. The number of nitrogens with one attached hydrogen (secondary N) is 1. The highest BCUT2D eigenvalue weighted by molar-refractivity contribution is 6.03. The van der Waals surface area contributed by atoms with Gasteiger partial charge in [-0.1, -0.05) is 6.07 Å². The number of hydrogen-bond donors (Lipinski definition) is 1. The van der Waals surface area contributed by atoms with Crippen LogP contribution in [0, 0.1) is 0 Å². The van der Waals surface area contributed by atoms with Gasteiger partial charge >= 0.3 is 6.09 Å². The average molecular weight is 460 g/mol. The lowest BCUT2D eigenvalue weighted by Crippen LogP contribution is -2.52. The number of piperidine rings is 1. The summed E-state index contributed by atoms with van der Waals surface area (Å²) in [5.74, 6) is -0.615. The van der Waals surface area contributed by atoms with Gasteiger partial charge in [0.1, 0.15) is 11.6 Å². The van der Waals surface area contributed by atoms with Crippen LogP contribution >= 0.6 is 0 Å². The first-order valence-electron chi connectivity index (χ1n) is 11.1. The number of piperazine rings is 1. The molecule has 2 heterocycles. The Labute approximate surface area is 194 Å². The van der Waals surface area contributed by atoms with Crippen LogP contribution in [-0.2, 0) is 19.1 Å². The Morgan fingerprint density at radius 1 is 1.15 bits per heavy atom. The van der Waals surface area contributed by atoms with E-state index in [-0.39, 0.29) is 24.3 Å². The fourth-order valence-electron chi connectivity index (χ4n) is 4.15. The largest absolute Gasteiger partial charge is 0.444 e. The molecule has 0 saturated carbocycles. The normalized spacial score (nSPS) is 19.1. The molecule has 10 heteroatoms. The van der Waals surface area contributed by atoms with Crippen molar-refractivity contribution in [3.05, 3.63) is 18.2 Å². The summed E-state index contributed by atoms with van der Waals surface area (Å²) in [6.45, 7) is 7.65. The topological polar surface area (TPSA) is 102 Å². The van der Waals surface area contributed by atoms with Gasteiger partial charge in [-0.25, -0.2) is 4.79 Å². The van der Waals surface area contributed by atoms with Gasteiger partial charge in [0.25, 0.3) is 0 Å². The van der Waals surface area contributed by atoms with E-state index in [0.29, 0.717) is 44.0 Å². The number of rotatable bonds is 5. The molecule has 33 heavy (non-hydrogen) atoms. The second-order valence-corrected chi connectivity index (χ2v) is 9.39. The van der Waals surface area contributed by atoms with Gasteiger partial charge in [0.2, 0.25) is 18.2 Å². The number of benzene rings is 1. The van der Waals surface area contributed by atoms with E-state index in [1.807, 2.05) is 43.9 Å². The summed E-state index contributed by atoms with van der Waals surface area (Å²) >= 11 is 0. The van der Waals surface area contributed by atoms with Crippen molar-refractivity contribution in [1.82, 2.24) is 10.2 Å². The van der Waals surface area contributed by atoms with E-state index in [1.54, 1.807) is 19.0 Å². The van der Waals surface area contributed by atoms with Crippen LogP contribution < -0.4 is 20.0 Å². The molecule has 2 fully saturated rings. The summed E-state index contributed by atoms with van der Waals surface area (Å²) in [6.07, 6.45) is 1.08. The van der Waals surface area contributed by atoms with Crippen LogP contribution in [0.5, 0.6) is 0 Å². The van der Waals surface area contributed by atoms with Gasteiger partial charge in [-0.05, 0) is 39.3 Å². The van der Waals surface area contributed by atoms with E-state index in [4.69, 9.17) is 4.74 Å². The monoisotopic (exact) mass is 459 g/mol. The summed E-state index contributed by atoms with van der Waals surface area (Å²) in [5, 5.41) is 2.39. The van der Waals surface area contributed by atoms with Gasteiger partial charge in [-0.2, -0.15) is 0 Å². The first-order valence-corrected chi connectivity index (χ1v) is 11.1. The van der Waals surface area contributed by atoms with Gasteiger partial charge in [-0.15, -0.1) is 0 Å². The van der Waals surface area contributed by atoms with Gasteiger partial charge < -0.3 is 24.3 Å². The first-order chi connectivity index (χ1) is 15.5. The molecule has 1 atom stereocenters. The second-order valence-electron chi connectivity index (χ2n) is 9.39. The molecule has 1 N–H and O–H groups in total.